The number of carbonyl (C=O) groups is 2. The van der Waals surface area contributed by atoms with Crippen LogP contribution in [0.2, 0.25) is 0 Å². The van der Waals surface area contributed by atoms with Gasteiger partial charge in [0, 0.05) is 7.85 Å². The fourth-order valence-corrected chi connectivity index (χ4v) is 1.46. The number of alkyl halides is 2. The Bertz CT molecular complexity index is 194. The van der Waals surface area contributed by atoms with Gasteiger partial charge in [0.1, 0.15) is 0 Å². The molecule has 0 aliphatic carbocycles. The normalized spacial score (nSPS) is 14.1. The van der Waals surface area contributed by atoms with E-state index in [1.54, 1.807) is 0 Å². The molecule has 4 nitrogen and oxygen atoms in total. The molecule has 0 aromatic rings. The quantitative estimate of drug-likeness (QED) is 0.276. The third-order valence-electron chi connectivity index (χ3n) is 1.34. The topological polar surface area (TPSA) is 52.6 Å². The lowest BCUT2D eigenvalue weighted by Gasteiger charge is -2.07. The summed E-state index contributed by atoms with van der Waals surface area (Å²) in [7, 11) is 0. The Kier molecular flexibility index (Phi) is 8.77. The van der Waals surface area contributed by atoms with E-state index in [9.17, 15) is 9.59 Å². The highest BCUT2D eigenvalue weighted by Gasteiger charge is 2.10. The van der Waals surface area contributed by atoms with E-state index in [1.165, 1.54) is 0 Å². The molecule has 0 saturated carbocycles. The molecule has 2 unspecified atom stereocenters. The predicted molar refractivity (Wildman–Crippen MR) is 73.2 cm³/mol. The molecule has 88 valence electrons. The molecule has 0 aliphatic rings. The van der Waals surface area contributed by atoms with E-state index in [0.717, 1.165) is 0 Å². The third kappa shape index (κ3) is 10.7. The summed E-state index contributed by atoms with van der Waals surface area (Å²) in [6, 6.07) is 0. The molecular formula is C9H14I2O4. The van der Waals surface area contributed by atoms with Crippen LogP contribution in [0.5, 0.6) is 0 Å². The van der Waals surface area contributed by atoms with E-state index in [0.29, 0.717) is 12.8 Å². The van der Waals surface area contributed by atoms with Crippen LogP contribution >= 0.6 is 45.2 Å². The van der Waals surface area contributed by atoms with E-state index in [4.69, 9.17) is 9.47 Å². The molecule has 15 heavy (non-hydrogen) atoms. The highest BCUT2D eigenvalue weighted by Crippen LogP contribution is 2.06. The number of hydrogen-bond acceptors (Lipinski definition) is 4. The highest BCUT2D eigenvalue weighted by atomic mass is 127. The van der Waals surface area contributed by atoms with Crippen LogP contribution < -0.4 is 0 Å². The molecular weight excluding hydrogens is 426 g/mol. The Morgan fingerprint density at radius 3 is 1.60 bits per heavy atom. The number of halogens is 2. The maximum Gasteiger partial charge on any atom is 0.309 e. The van der Waals surface area contributed by atoms with Crippen LogP contribution in [0, 0.1) is 0 Å². The van der Waals surface area contributed by atoms with Gasteiger partial charge < -0.3 is 9.47 Å². The SMILES string of the molecule is CC(I)CC(=O)OCOC(=O)CC(C)I. The van der Waals surface area contributed by atoms with Crippen LogP contribution in [0.15, 0.2) is 0 Å². The van der Waals surface area contributed by atoms with Crippen LogP contribution in [-0.2, 0) is 19.1 Å². The molecule has 0 bridgehead atoms. The summed E-state index contributed by atoms with van der Waals surface area (Å²) in [4.78, 5) is 22.1. The lowest BCUT2D eigenvalue weighted by Crippen LogP contribution is -2.15. The summed E-state index contributed by atoms with van der Waals surface area (Å²) in [6.45, 7) is 3.54. The summed E-state index contributed by atoms with van der Waals surface area (Å²) in [6.07, 6.45) is 0.668. The van der Waals surface area contributed by atoms with Crippen molar-refractivity contribution in [1.82, 2.24) is 0 Å². The Hall–Kier alpha value is 0.400. The van der Waals surface area contributed by atoms with Gasteiger partial charge >= 0.3 is 11.9 Å². The van der Waals surface area contributed by atoms with Crippen molar-refractivity contribution in [3.8, 4) is 0 Å². The van der Waals surface area contributed by atoms with Crippen LogP contribution in [0.25, 0.3) is 0 Å². The van der Waals surface area contributed by atoms with E-state index in [2.05, 4.69) is 45.2 Å². The molecule has 0 N–H and O–H groups in total. The molecule has 0 aromatic heterocycles. The van der Waals surface area contributed by atoms with E-state index in [-0.39, 0.29) is 26.6 Å². The van der Waals surface area contributed by atoms with Gasteiger partial charge in [0.05, 0.1) is 12.8 Å². The molecule has 0 heterocycles. The average molecular weight is 440 g/mol. The first-order valence-corrected chi connectivity index (χ1v) is 7.00. The molecule has 0 fully saturated rings. The fraction of sp³-hybridized carbons (Fsp3) is 0.778. The summed E-state index contributed by atoms with van der Waals surface area (Å²) >= 11 is 4.26. The highest BCUT2D eigenvalue weighted by molar-refractivity contribution is 14.1. The number of rotatable bonds is 6. The largest absolute Gasteiger partial charge is 0.428 e. The third-order valence-corrected chi connectivity index (χ3v) is 2.22. The second kappa shape index (κ2) is 8.54. The lowest BCUT2D eigenvalue weighted by molar-refractivity contribution is -0.166. The van der Waals surface area contributed by atoms with Gasteiger partial charge in [0.2, 0.25) is 6.79 Å². The maximum absolute atomic E-state index is 11.0. The summed E-state index contributed by atoms with van der Waals surface area (Å²) in [5.41, 5.74) is 0. The second-order valence-electron chi connectivity index (χ2n) is 3.12. The molecule has 0 aliphatic heterocycles. The number of hydrogen-bond donors (Lipinski definition) is 0. The first kappa shape index (κ1) is 15.4. The average Bonchev–Trinajstić information content (AvgIpc) is 2.00. The van der Waals surface area contributed by atoms with Crippen molar-refractivity contribution in [1.29, 1.82) is 0 Å². The first-order chi connectivity index (χ1) is 6.91. The standard InChI is InChI=1S/C9H14I2O4/c1-6(10)3-8(12)14-5-15-9(13)4-7(2)11/h6-7H,3-5H2,1-2H3. The monoisotopic (exact) mass is 440 g/mol. The van der Waals surface area contributed by atoms with Gasteiger partial charge in [-0.25, -0.2) is 0 Å². The molecule has 0 aromatic carbocycles. The van der Waals surface area contributed by atoms with E-state index in [1.807, 2.05) is 13.8 Å². The summed E-state index contributed by atoms with van der Waals surface area (Å²) < 4.78 is 9.88. The van der Waals surface area contributed by atoms with Crippen molar-refractivity contribution in [2.45, 2.75) is 34.5 Å². The minimum absolute atomic E-state index is 0.222. The smallest absolute Gasteiger partial charge is 0.309 e. The Balaban J connectivity index is 3.53. The zero-order chi connectivity index (χ0) is 11.8. The summed E-state index contributed by atoms with van der Waals surface area (Å²) in [5.74, 6) is -0.681. The van der Waals surface area contributed by atoms with Crippen molar-refractivity contribution in [3.63, 3.8) is 0 Å². The van der Waals surface area contributed by atoms with Gasteiger partial charge in [0.25, 0.3) is 0 Å². The number of esters is 2. The number of ether oxygens (including phenoxy) is 2. The van der Waals surface area contributed by atoms with Crippen molar-refractivity contribution in [2.24, 2.45) is 0 Å². The zero-order valence-electron chi connectivity index (χ0n) is 8.66. The molecule has 0 saturated heterocycles. The van der Waals surface area contributed by atoms with Gasteiger partial charge in [-0.3, -0.25) is 9.59 Å². The van der Waals surface area contributed by atoms with Crippen LogP contribution in [0.4, 0.5) is 0 Å². The van der Waals surface area contributed by atoms with E-state index < -0.39 is 0 Å². The first-order valence-electron chi connectivity index (χ1n) is 4.51. The minimum atomic E-state index is -0.341. The van der Waals surface area contributed by atoms with Gasteiger partial charge in [0.15, 0.2) is 0 Å². The molecule has 0 radical (unpaired) electrons. The second-order valence-corrected chi connectivity index (χ2v) is 7.37. The lowest BCUT2D eigenvalue weighted by atomic mass is 10.3. The molecule has 0 rings (SSSR count). The molecule has 0 spiro atoms. The van der Waals surface area contributed by atoms with Gasteiger partial charge in [-0.15, -0.1) is 0 Å². The Morgan fingerprint density at radius 1 is 1.00 bits per heavy atom. The molecule has 2 atom stereocenters. The Labute approximate surface area is 117 Å². The van der Waals surface area contributed by atoms with Gasteiger partial charge in [-0.2, -0.15) is 0 Å². The van der Waals surface area contributed by atoms with Crippen molar-refractivity contribution in [3.05, 3.63) is 0 Å². The zero-order valence-corrected chi connectivity index (χ0v) is 13.0. The number of carbonyl (C=O) groups excluding carboxylic acids is 2. The van der Waals surface area contributed by atoms with Crippen LogP contribution in [0.3, 0.4) is 0 Å². The maximum atomic E-state index is 11.0. The van der Waals surface area contributed by atoms with Crippen LogP contribution in [0.1, 0.15) is 26.7 Å². The van der Waals surface area contributed by atoms with Crippen LogP contribution in [-0.4, -0.2) is 26.6 Å². The van der Waals surface area contributed by atoms with E-state index >= 15 is 0 Å². The fourth-order valence-electron chi connectivity index (χ4n) is 0.738. The molecule has 0 amide bonds. The molecule has 6 heteroatoms. The van der Waals surface area contributed by atoms with Gasteiger partial charge in [-0.05, 0) is 0 Å². The van der Waals surface area contributed by atoms with Crippen molar-refractivity contribution in [2.75, 3.05) is 6.79 Å². The summed E-state index contributed by atoms with van der Waals surface area (Å²) in [5, 5.41) is 0. The van der Waals surface area contributed by atoms with Crippen molar-refractivity contribution >= 4 is 57.1 Å². The Morgan fingerprint density at radius 2 is 1.33 bits per heavy atom. The minimum Gasteiger partial charge on any atom is -0.428 e. The van der Waals surface area contributed by atoms with Crippen molar-refractivity contribution < 1.29 is 19.1 Å². The predicted octanol–water partition coefficient (Wildman–Crippen LogP) is 2.46. The van der Waals surface area contributed by atoms with Gasteiger partial charge in [-0.1, -0.05) is 59.0 Å².